The molecule has 2 rings (SSSR count). The van der Waals surface area contributed by atoms with Crippen LogP contribution >= 0.6 is 0 Å². The molecule has 0 saturated carbocycles. The molecule has 1 aromatic carbocycles. The van der Waals surface area contributed by atoms with Crippen LogP contribution in [0.3, 0.4) is 0 Å². The molecule has 22 heavy (non-hydrogen) atoms. The Bertz CT molecular complexity index is 544. The van der Waals surface area contributed by atoms with E-state index in [1.807, 2.05) is 0 Å². The van der Waals surface area contributed by atoms with Crippen molar-refractivity contribution in [2.45, 2.75) is 31.5 Å². The monoisotopic (exact) mass is 313 g/mol. The Hall–Kier alpha value is -2.02. The number of rotatable bonds is 5. The number of amides is 1. The largest absolute Gasteiger partial charge is 0.467 e. The zero-order chi connectivity index (χ0) is 16.1. The quantitative estimate of drug-likeness (QED) is 0.833. The molecule has 120 valence electrons. The summed E-state index contributed by atoms with van der Waals surface area (Å²) in [7, 11) is 1.26. The van der Waals surface area contributed by atoms with Gasteiger partial charge < -0.3 is 14.8 Å². The summed E-state index contributed by atoms with van der Waals surface area (Å²) in [5.74, 6) is -2.14. The van der Waals surface area contributed by atoms with Crippen molar-refractivity contribution in [2.24, 2.45) is 0 Å². The normalized spacial score (nSPS) is 20.7. The maximum absolute atomic E-state index is 13.0. The molecule has 1 amide bonds. The van der Waals surface area contributed by atoms with Crippen molar-refractivity contribution < 1.29 is 27.8 Å². The van der Waals surface area contributed by atoms with Gasteiger partial charge in [-0.1, -0.05) is 0 Å². The Kier molecular flexibility index (Phi) is 5.43. The number of nitrogens with one attached hydrogen (secondary N) is 1. The summed E-state index contributed by atoms with van der Waals surface area (Å²) < 4.78 is 35.9. The molecule has 0 bridgehead atoms. The van der Waals surface area contributed by atoms with Crippen molar-refractivity contribution in [1.29, 1.82) is 0 Å². The Morgan fingerprint density at radius 3 is 2.50 bits per heavy atom. The third-order valence-corrected chi connectivity index (χ3v) is 3.41. The van der Waals surface area contributed by atoms with Crippen LogP contribution in [0.25, 0.3) is 0 Å². The van der Waals surface area contributed by atoms with Crippen LogP contribution < -0.4 is 5.32 Å². The Labute approximate surface area is 126 Å². The first kappa shape index (κ1) is 16.4. The molecule has 1 N–H and O–H groups in total. The predicted octanol–water partition coefficient (Wildman–Crippen LogP) is 1.34. The van der Waals surface area contributed by atoms with Crippen molar-refractivity contribution >= 4 is 11.9 Å². The maximum atomic E-state index is 13.0. The van der Waals surface area contributed by atoms with Crippen LogP contribution in [0.2, 0.25) is 0 Å². The molecule has 1 saturated heterocycles. The van der Waals surface area contributed by atoms with E-state index in [4.69, 9.17) is 4.74 Å². The van der Waals surface area contributed by atoms with Gasteiger partial charge in [-0.25, -0.2) is 13.6 Å². The lowest BCUT2D eigenvalue weighted by Gasteiger charge is -2.12. The van der Waals surface area contributed by atoms with E-state index in [1.165, 1.54) is 19.2 Å². The highest BCUT2D eigenvalue weighted by molar-refractivity contribution is 5.82. The molecule has 1 aliphatic rings. The number of benzene rings is 1. The minimum absolute atomic E-state index is 0.227. The standard InChI is InChI=1S/C15H17F2NO4/c1-21-15(20)13-3-2-12(22-13)14(19)18-5-4-9-6-10(16)8-11(17)7-9/h6-8,12-13H,2-5H2,1H3,(H,18,19)/t12-,13+/m0/s1. The highest BCUT2D eigenvalue weighted by Crippen LogP contribution is 2.20. The summed E-state index contributed by atoms with van der Waals surface area (Å²) in [6, 6.07) is 3.23. The molecular formula is C15H17F2NO4. The van der Waals surface area contributed by atoms with Crippen molar-refractivity contribution in [3.05, 3.63) is 35.4 Å². The van der Waals surface area contributed by atoms with E-state index >= 15 is 0 Å². The van der Waals surface area contributed by atoms with Crippen LogP contribution in [0.4, 0.5) is 8.78 Å². The van der Waals surface area contributed by atoms with Crippen molar-refractivity contribution in [2.75, 3.05) is 13.7 Å². The van der Waals surface area contributed by atoms with Crippen LogP contribution in [0.1, 0.15) is 18.4 Å². The minimum Gasteiger partial charge on any atom is -0.467 e. The SMILES string of the molecule is COC(=O)[C@H]1CC[C@@H](C(=O)NCCc2cc(F)cc(F)c2)O1. The van der Waals surface area contributed by atoms with Gasteiger partial charge in [0.2, 0.25) is 5.91 Å². The van der Waals surface area contributed by atoms with E-state index in [0.29, 0.717) is 24.8 Å². The zero-order valence-electron chi connectivity index (χ0n) is 12.1. The first-order chi connectivity index (χ1) is 10.5. The Morgan fingerprint density at radius 1 is 1.23 bits per heavy atom. The topological polar surface area (TPSA) is 64.6 Å². The lowest BCUT2D eigenvalue weighted by Crippen LogP contribution is -2.36. The van der Waals surface area contributed by atoms with Gasteiger partial charge in [0.15, 0.2) is 6.10 Å². The zero-order valence-corrected chi connectivity index (χ0v) is 12.1. The fourth-order valence-electron chi connectivity index (χ4n) is 2.33. The van der Waals surface area contributed by atoms with Crippen LogP contribution in [-0.4, -0.2) is 37.7 Å². The summed E-state index contributed by atoms with van der Waals surface area (Å²) in [5.41, 5.74) is 0.456. The fraction of sp³-hybridized carbons (Fsp3) is 0.467. The second-order valence-corrected chi connectivity index (χ2v) is 5.03. The summed E-state index contributed by atoms with van der Waals surface area (Å²) in [6.07, 6.45) is -0.250. The molecule has 2 atom stereocenters. The molecule has 1 aliphatic heterocycles. The molecular weight excluding hydrogens is 296 g/mol. The third-order valence-electron chi connectivity index (χ3n) is 3.41. The van der Waals surface area contributed by atoms with E-state index in [1.54, 1.807) is 0 Å². The number of esters is 1. The number of carbonyl (C=O) groups excluding carboxylic acids is 2. The molecule has 1 heterocycles. The highest BCUT2D eigenvalue weighted by atomic mass is 19.1. The summed E-state index contributed by atoms with van der Waals surface area (Å²) in [6.45, 7) is 0.227. The lowest BCUT2D eigenvalue weighted by atomic mass is 10.1. The van der Waals surface area contributed by atoms with Gasteiger partial charge in [-0.15, -0.1) is 0 Å². The van der Waals surface area contributed by atoms with E-state index in [9.17, 15) is 18.4 Å². The smallest absolute Gasteiger partial charge is 0.335 e. The van der Waals surface area contributed by atoms with E-state index in [0.717, 1.165) is 6.07 Å². The van der Waals surface area contributed by atoms with Gasteiger partial charge in [-0.2, -0.15) is 0 Å². The lowest BCUT2D eigenvalue weighted by molar-refractivity contribution is -0.155. The highest BCUT2D eigenvalue weighted by Gasteiger charge is 2.35. The van der Waals surface area contributed by atoms with Crippen molar-refractivity contribution in [3.8, 4) is 0 Å². The predicted molar refractivity (Wildman–Crippen MR) is 73.0 cm³/mol. The van der Waals surface area contributed by atoms with E-state index in [2.05, 4.69) is 10.1 Å². The number of methoxy groups -OCH3 is 1. The van der Waals surface area contributed by atoms with Crippen LogP contribution in [0.5, 0.6) is 0 Å². The second kappa shape index (κ2) is 7.31. The summed E-state index contributed by atoms with van der Waals surface area (Å²) in [4.78, 5) is 23.2. The van der Waals surface area contributed by atoms with Crippen LogP contribution in [-0.2, 0) is 25.5 Å². The Balaban J connectivity index is 1.77. The second-order valence-electron chi connectivity index (χ2n) is 5.03. The number of carbonyl (C=O) groups is 2. The summed E-state index contributed by atoms with van der Waals surface area (Å²) in [5, 5.41) is 2.63. The molecule has 0 aromatic heterocycles. The average molecular weight is 313 g/mol. The number of ether oxygens (including phenoxy) is 2. The van der Waals surface area contributed by atoms with Gasteiger partial charge in [0.05, 0.1) is 7.11 Å². The van der Waals surface area contributed by atoms with Crippen LogP contribution in [0, 0.1) is 11.6 Å². The molecule has 1 fully saturated rings. The molecule has 1 aromatic rings. The average Bonchev–Trinajstić information content (AvgIpc) is 2.95. The van der Waals surface area contributed by atoms with Gasteiger partial charge in [0, 0.05) is 12.6 Å². The van der Waals surface area contributed by atoms with Crippen LogP contribution in [0.15, 0.2) is 18.2 Å². The molecule has 0 unspecified atom stereocenters. The first-order valence-electron chi connectivity index (χ1n) is 6.95. The maximum Gasteiger partial charge on any atom is 0.335 e. The molecule has 0 spiro atoms. The van der Waals surface area contributed by atoms with Gasteiger partial charge in [-0.3, -0.25) is 4.79 Å². The van der Waals surface area contributed by atoms with Crippen molar-refractivity contribution in [1.82, 2.24) is 5.32 Å². The molecule has 5 nitrogen and oxygen atoms in total. The van der Waals surface area contributed by atoms with E-state index in [-0.39, 0.29) is 12.5 Å². The van der Waals surface area contributed by atoms with Gasteiger partial charge >= 0.3 is 5.97 Å². The van der Waals surface area contributed by atoms with Gasteiger partial charge in [0.1, 0.15) is 17.7 Å². The first-order valence-corrected chi connectivity index (χ1v) is 6.95. The Morgan fingerprint density at radius 2 is 1.86 bits per heavy atom. The number of hydrogen-bond acceptors (Lipinski definition) is 4. The summed E-state index contributed by atoms with van der Waals surface area (Å²) >= 11 is 0. The van der Waals surface area contributed by atoms with Gasteiger partial charge in [-0.05, 0) is 37.0 Å². The van der Waals surface area contributed by atoms with E-state index < -0.39 is 29.8 Å². The van der Waals surface area contributed by atoms with Gasteiger partial charge in [0.25, 0.3) is 0 Å². The fourth-order valence-corrected chi connectivity index (χ4v) is 2.33. The van der Waals surface area contributed by atoms with Crippen molar-refractivity contribution in [3.63, 3.8) is 0 Å². The minimum atomic E-state index is -0.710. The molecule has 7 heteroatoms. The number of halogens is 2. The molecule has 0 aliphatic carbocycles. The number of hydrogen-bond donors (Lipinski definition) is 1. The third kappa shape index (κ3) is 4.24. The molecule has 0 radical (unpaired) electrons.